The van der Waals surface area contributed by atoms with Crippen LogP contribution in [0.25, 0.3) is 26.6 Å². The first-order chi connectivity index (χ1) is 16.0. The number of fused-ring (bicyclic) bond motifs is 1. The summed E-state index contributed by atoms with van der Waals surface area (Å²) in [4.78, 5) is 18.1. The molecule has 33 heavy (non-hydrogen) atoms. The van der Waals surface area contributed by atoms with E-state index in [2.05, 4.69) is 4.98 Å². The molecule has 2 N–H and O–H groups in total. The van der Waals surface area contributed by atoms with E-state index in [1.165, 1.54) is 15.9 Å². The Balaban J connectivity index is 1.79. The Labute approximate surface area is 197 Å². The molecule has 0 unspecified atom stereocenters. The van der Waals surface area contributed by atoms with E-state index in [9.17, 15) is 15.0 Å². The van der Waals surface area contributed by atoms with Gasteiger partial charge in [-0.25, -0.2) is 4.98 Å². The molecule has 0 radical (unpaired) electrons. The van der Waals surface area contributed by atoms with Gasteiger partial charge in [-0.15, -0.1) is 0 Å². The van der Waals surface area contributed by atoms with E-state index in [-0.39, 0.29) is 5.56 Å². The van der Waals surface area contributed by atoms with Crippen molar-refractivity contribution >= 4 is 38.9 Å². The first-order valence-corrected chi connectivity index (χ1v) is 11.1. The third kappa shape index (κ3) is 3.61. The SMILES string of the molecule is COc1ccc2nc(-n3c(O)c(O)c(C(=O)c4ccccc4)c3-c3ccc(Cl)cc3)sc2c1. The maximum Gasteiger partial charge on any atom is 0.242 e. The number of rotatable bonds is 5. The number of carbonyl (C=O) groups is 1. The fraction of sp³-hybridized carbons (Fsp3) is 0.0400. The Morgan fingerprint density at radius 2 is 1.76 bits per heavy atom. The van der Waals surface area contributed by atoms with Crippen molar-refractivity contribution in [2.75, 3.05) is 7.11 Å². The summed E-state index contributed by atoms with van der Waals surface area (Å²) in [6.07, 6.45) is 0. The molecule has 6 nitrogen and oxygen atoms in total. The van der Waals surface area contributed by atoms with E-state index >= 15 is 0 Å². The molecule has 0 aliphatic rings. The number of halogens is 1. The number of hydrogen-bond donors (Lipinski definition) is 2. The average molecular weight is 477 g/mol. The summed E-state index contributed by atoms with van der Waals surface area (Å²) in [5.41, 5.74) is 1.97. The molecule has 5 aromatic rings. The third-order valence-corrected chi connectivity index (χ3v) is 6.53. The van der Waals surface area contributed by atoms with Gasteiger partial charge in [0, 0.05) is 10.6 Å². The van der Waals surface area contributed by atoms with Crippen molar-refractivity contribution in [3.8, 4) is 33.8 Å². The van der Waals surface area contributed by atoms with E-state index in [0.717, 1.165) is 4.70 Å². The fourth-order valence-electron chi connectivity index (χ4n) is 3.68. The normalized spacial score (nSPS) is 11.1. The van der Waals surface area contributed by atoms with Crippen LogP contribution in [0.4, 0.5) is 0 Å². The van der Waals surface area contributed by atoms with Crippen LogP contribution in [-0.2, 0) is 0 Å². The second-order valence-electron chi connectivity index (χ2n) is 7.26. The predicted octanol–water partition coefficient (Wildman–Crippen LogP) is 6.06. The predicted molar refractivity (Wildman–Crippen MR) is 129 cm³/mol. The smallest absolute Gasteiger partial charge is 0.242 e. The molecule has 0 spiro atoms. The topological polar surface area (TPSA) is 84.6 Å². The Hall–Kier alpha value is -3.81. The number of thiazole rings is 1. The lowest BCUT2D eigenvalue weighted by Gasteiger charge is -2.09. The summed E-state index contributed by atoms with van der Waals surface area (Å²) in [5.74, 6) is -0.721. The molecule has 8 heteroatoms. The van der Waals surface area contributed by atoms with E-state index in [4.69, 9.17) is 16.3 Å². The van der Waals surface area contributed by atoms with Gasteiger partial charge in [0.15, 0.2) is 16.7 Å². The molecule has 2 heterocycles. The first-order valence-electron chi connectivity index (χ1n) is 9.95. The molecule has 0 amide bonds. The number of aromatic nitrogens is 2. The number of ether oxygens (including phenoxy) is 1. The van der Waals surface area contributed by atoms with Gasteiger partial charge in [0.25, 0.3) is 0 Å². The van der Waals surface area contributed by atoms with Crippen LogP contribution in [0.1, 0.15) is 15.9 Å². The van der Waals surface area contributed by atoms with Crippen molar-refractivity contribution in [1.29, 1.82) is 0 Å². The third-order valence-electron chi connectivity index (χ3n) is 5.28. The molecule has 0 aliphatic carbocycles. The standard InChI is InChI=1S/C25H17ClN2O4S/c1-32-17-11-12-18-19(13-17)33-25(27-18)28-21(14-7-9-16(26)10-8-14)20(23(30)24(28)31)22(29)15-5-3-2-4-6-15/h2-13,30-31H,1H3. The van der Waals surface area contributed by atoms with Crippen molar-refractivity contribution in [3.05, 3.63) is 88.9 Å². The second kappa shape index (κ2) is 8.27. The van der Waals surface area contributed by atoms with Crippen molar-refractivity contribution < 1.29 is 19.7 Å². The number of carbonyl (C=O) groups excluding carboxylic acids is 1. The average Bonchev–Trinajstić information content (AvgIpc) is 3.37. The number of benzene rings is 3. The monoisotopic (exact) mass is 476 g/mol. The van der Waals surface area contributed by atoms with Gasteiger partial charge < -0.3 is 14.9 Å². The van der Waals surface area contributed by atoms with E-state index in [1.54, 1.807) is 67.8 Å². The number of methoxy groups -OCH3 is 1. The molecule has 0 saturated carbocycles. The summed E-state index contributed by atoms with van der Waals surface area (Å²) in [6.45, 7) is 0. The number of hydrogen-bond acceptors (Lipinski definition) is 6. The van der Waals surface area contributed by atoms with Gasteiger partial charge in [-0.2, -0.15) is 0 Å². The Kier molecular flexibility index (Phi) is 5.28. The molecular weight excluding hydrogens is 460 g/mol. The summed E-state index contributed by atoms with van der Waals surface area (Å²) in [6, 6.07) is 20.9. The lowest BCUT2D eigenvalue weighted by Crippen LogP contribution is -2.04. The van der Waals surface area contributed by atoms with E-state index in [1.807, 2.05) is 12.1 Å². The fourth-order valence-corrected chi connectivity index (χ4v) is 4.81. The molecule has 0 fully saturated rings. The highest BCUT2D eigenvalue weighted by Crippen LogP contribution is 2.45. The molecule has 164 valence electrons. The Bertz CT molecular complexity index is 1490. The van der Waals surface area contributed by atoms with Crippen LogP contribution in [0.15, 0.2) is 72.8 Å². The number of aromatic hydroxyl groups is 2. The van der Waals surface area contributed by atoms with Crippen LogP contribution in [0, 0.1) is 0 Å². The van der Waals surface area contributed by atoms with Gasteiger partial charge in [-0.05, 0) is 35.9 Å². The van der Waals surface area contributed by atoms with Gasteiger partial charge in [-0.1, -0.05) is 65.4 Å². The maximum atomic E-state index is 13.4. The zero-order valence-electron chi connectivity index (χ0n) is 17.3. The minimum atomic E-state index is -0.509. The molecule has 0 saturated heterocycles. The van der Waals surface area contributed by atoms with Gasteiger partial charge in [-0.3, -0.25) is 9.36 Å². The Morgan fingerprint density at radius 1 is 1.03 bits per heavy atom. The van der Waals surface area contributed by atoms with Crippen LogP contribution in [0.2, 0.25) is 5.02 Å². The van der Waals surface area contributed by atoms with Gasteiger partial charge in [0.2, 0.25) is 5.88 Å². The zero-order chi connectivity index (χ0) is 23.1. The number of ketones is 1. The van der Waals surface area contributed by atoms with Crippen LogP contribution >= 0.6 is 22.9 Å². The minimum Gasteiger partial charge on any atom is -0.503 e. The first kappa shape index (κ1) is 21.1. The highest BCUT2D eigenvalue weighted by molar-refractivity contribution is 7.20. The molecule has 0 atom stereocenters. The van der Waals surface area contributed by atoms with Crippen molar-refractivity contribution in [3.63, 3.8) is 0 Å². The second-order valence-corrected chi connectivity index (χ2v) is 8.71. The highest BCUT2D eigenvalue weighted by atomic mass is 35.5. The largest absolute Gasteiger partial charge is 0.503 e. The molecule has 3 aromatic carbocycles. The Morgan fingerprint density at radius 3 is 2.45 bits per heavy atom. The zero-order valence-corrected chi connectivity index (χ0v) is 18.9. The molecular formula is C25H17ClN2O4S. The summed E-state index contributed by atoms with van der Waals surface area (Å²) in [5, 5.41) is 22.8. The van der Waals surface area contributed by atoms with Crippen LogP contribution < -0.4 is 4.74 Å². The maximum absolute atomic E-state index is 13.4. The van der Waals surface area contributed by atoms with E-state index < -0.39 is 17.4 Å². The van der Waals surface area contributed by atoms with Crippen LogP contribution in [0.3, 0.4) is 0 Å². The van der Waals surface area contributed by atoms with Crippen molar-refractivity contribution in [2.24, 2.45) is 0 Å². The highest BCUT2D eigenvalue weighted by Gasteiger charge is 2.31. The van der Waals surface area contributed by atoms with Gasteiger partial charge in [0.05, 0.1) is 28.6 Å². The van der Waals surface area contributed by atoms with Crippen molar-refractivity contribution in [2.45, 2.75) is 0 Å². The van der Waals surface area contributed by atoms with Gasteiger partial charge in [0.1, 0.15) is 5.75 Å². The lowest BCUT2D eigenvalue weighted by atomic mass is 9.99. The molecule has 5 rings (SSSR count). The summed E-state index contributed by atoms with van der Waals surface area (Å²) < 4.78 is 7.52. The van der Waals surface area contributed by atoms with Crippen LogP contribution in [0.5, 0.6) is 17.4 Å². The molecule has 0 aliphatic heterocycles. The lowest BCUT2D eigenvalue weighted by molar-refractivity contribution is 0.103. The molecule has 2 aromatic heterocycles. The van der Waals surface area contributed by atoms with Gasteiger partial charge >= 0.3 is 0 Å². The van der Waals surface area contributed by atoms with Crippen molar-refractivity contribution in [1.82, 2.24) is 9.55 Å². The molecule has 0 bridgehead atoms. The summed E-state index contributed by atoms with van der Waals surface area (Å²) in [7, 11) is 1.58. The summed E-state index contributed by atoms with van der Waals surface area (Å²) >= 11 is 7.38. The minimum absolute atomic E-state index is 0.0159. The van der Waals surface area contributed by atoms with E-state index in [0.29, 0.717) is 38.2 Å². The number of nitrogens with zero attached hydrogens (tertiary/aromatic N) is 2. The van der Waals surface area contributed by atoms with Crippen LogP contribution in [-0.4, -0.2) is 32.7 Å². The quantitative estimate of drug-likeness (QED) is 0.301.